The van der Waals surface area contributed by atoms with Gasteiger partial charge in [-0.05, 0) is 57.7 Å². The second-order valence-electron chi connectivity index (χ2n) is 5.06. The number of hydrogen-bond acceptors (Lipinski definition) is 3. The van der Waals surface area contributed by atoms with E-state index in [9.17, 15) is 4.79 Å². The summed E-state index contributed by atoms with van der Waals surface area (Å²) in [6, 6.07) is 7.78. The first-order valence-electron chi connectivity index (χ1n) is 6.94. The van der Waals surface area contributed by atoms with Crippen molar-refractivity contribution in [1.82, 2.24) is 15.5 Å². The topological polar surface area (TPSA) is 44.4 Å². The van der Waals surface area contributed by atoms with Gasteiger partial charge in [0.05, 0.1) is 6.54 Å². The molecule has 0 radical (unpaired) electrons. The lowest BCUT2D eigenvalue weighted by molar-refractivity contribution is -0.120. The van der Waals surface area contributed by atoms with E-state index in [-0.39, 0.29) is 5.91 Å². The van der Waals surface area contributed by atoms with Crippen LogP contribution < -0.4 is 10.6 Å². The van der Waals surface area contributed by atoms with Crippen LogP contribution in [0.1, 0.15) is 12.0 Å². The van der Waals surface area contributed by atoms with Gasteiger partial charge in [-0.25, -0.2) is 0 Å². The lowest BCUT2D eigenvalue weighted by Gasteiger charge is -2.10. The number of carbonyl (C=O) groups is 1. The third kappa shape index (κ3) is 8.15. The molecule has 0 aromatic heterocycles. The molecule has 4 nitrogen and oxygen atoms in total. The fourth-order valence-corrected chi connectivity index (χ4v) is 1.90. The van der Waals surface area contributed by atoms with Crippen LogP contribution in [0, 0.1) is 0 Å². The molecule has 0 aliphatic carbocycles. The molecule has 0 aliphatic heterocycles. The summed E-state index contributed by atoms with van der Waals surface area (Å²) in [6.07, 6.45) is 1.87. The van der Waals surface area contributed by atoms with Gasteiger partial charge in [0.1, 0.15) is 0 Å². The van der Waals surface area contributed by atoms with E-state index in [1.54, 1.807) is 0 Å². The number of halogens is 1. The van der Waals surface area contributed by atoms with Crippen molar-refractivity contribution in [2.24, 2.45) is 0 Å². The van der Waals surface area contributed by atoms with E-state index in [1.165, 1.54) is 5.56 Å². The molecule has 0 unspecified atom stereocenters. The summed E-state index contributed by atoms with van der Waals surface area (Å²) >= 11 is 5.82. The molecule has 112 valence electrons. The lowest BCUT2D eigenvalue weighted by Crippen LogP contribution is -2.35. The molecule has 0 fully saturated rings. The van der Waals surface area contributed by atoms with E-state index in [0.717, 1.165) is 37.5 Å². The molecular formula is C15H24ClN3O. The van der Waals surface area contributed by atoms with Crippen molar-refractivity contribution < 1.29 is 4.79 Å². The third-order valence-electron chi connectivity index (χ3n) is 2.89. The zero-order valence-electron chi connectivity index (χ0n) is 12.3. The second kappa shape index (κ2) is 9.75. The van der Waals surface area contributed by atoms with E-state index >= 15 is 0 Å². The number of nitrogens with one attached hydrogen (secondary N) is 2. The van der Waals surface area contributed by atoms with Crippen molar-refractivity contribution >= 4 is 17.5 Å². The zero-order chi connectivity index (χ0) is 14.8. The highest BCUT2D eigenvalue weighted by atomic mass is 35.5. The van der Waals surface area contributed by atoms with Gasteiger partial charge >= 0.3 is 0 Å². The van der Waals surface area contributed by atoms with Crippen LogP contribution in [0.5, 0.6) is 0 Å². The Morgan fingerprint density at radius 2 is 1.90 bits per heavy atom. The Balaban J connectivity index is 2.03. The minimum absolute atomic E-state index is 0.0554. The minimum atomic E-state index is 0.0554. The molecule has 0 saturated heterocycles. The zero-order valence-corrected chi connectivity index (χ0v) is 13.0. The first-order valence-corrected chi connectivity index (χ1v) is 7.32. The summed E-state index contributed by atoms with van der Waals surface area (Å²) in [5.41, 5.74) is 1.22. The van der Waals surface area contributed by atoms with Gasteiger partial charge in [0, 0.05) is 11.6 Å². The molecule has 1 amide bonds. The number of hydrogen-bond donors (Lipinski definition) is 2. The molecule has 0 bridgehead atoms. The van der Waals surface area contributed by atoms with Crippen molar-refractivity contribution in [3.63, 3.8) is 0 Å². The summed E-state index contributed by atoms with van der Waals surface area (Å²) in [4.78, 5) is 13.6. The summed E-state index contributed by atoms with van der Waals surface area (Å²) in [7, 11) is 4.06. The van der Waals surface area contributed by atoms with Crippen LogP contribution in [0.2, 0.25) is 5.02 Å². The molecule has 0 atom stereocenters. The highest BCUT2D eigenvalue weighted by Crippen LogP contribution is 2.09. The van der Waals surface area contributed by atoms with Crippen molar-refractivity contribution in [2.75, 3.05) is 40.3 Å². The normalized spacial score (nSPS) is 10.8. The monoisotopic (exact) mass is 297 g/mol. The Bertz CT molecular complexity index is 393. The maximum Gasteiger partial charge on any atom is 0.233 e. The number of amides is 1. The van der Waals surface area contributed by atoms with Gasteiger partial charge in [-0.1, -0.05) is 23.7 Å². The molecule has 1 rings (SSSR count). The Morgan fingerprint density at radius 1 is 1.20 bits per heavy atom. The van der Waals surface area contributed by atoms with Crippen molar-refractivity contribution in [3.05, 3.63) is 34.9 Å². The van der Waals surface area contributed by atoms with Crippen LogP contribution in [0.3, 0.4) is 0 Å². The van der Waals surface area contributed by atoms with E-state index in [0.29, 0.717) is 6.54 Å². The molecule has 1 aromatic carbocycles. The van der Waals surface area contributed by atoms with Gasteiger partial charge in [0.15, 0.2) is 0 Å². The smallest absolute Gasteiger partial charge is 0.233 e. The van der Waals surface area contributed by atoms with Crippen molar-refractivity contribution in [1.29, 1.82) is 0 Å². The standard InChI is InChI=1S/C15H24ClN3O/c1-19(2)11-3-9-18-15(20)12-17-10-8-13-4-6-14(16)7-5-13/h4-7,17H,3,8-12H2,1-2H3,(H,18,20). The SMILES string of the molecule is CN(C)CCCNC(=O)CNCCc1ccc(Cl)cc1. The molecule has 0 aliphatic rings. The number of benzene rings is 1. The van der Waals surface area contributed by atoms with Crippen molar-refractivity contribution in [2.45, 2.75) is 12.8 Å². The average molecular weight is 298 g/mol. The van der Waals surface area contributed by atoms with Crippen LogP contribution >= 0.6 is 11.6 Å². The maximum absolute atomic E-state index is 11.5. The predicted molar refractivity (Wildman–Crippen MR) is 84.2 cm³/mol. The highest BCUT2D eigenvalue weighted by molar-refractivity contribution is 6.30. The van der Waals surface area contributed by atoms with E-state index in [2.05, 4.69) is 15.5 Å². The Kier molecular flexibility index (Phi) is 8.26. The Labute approximate surface area is 126 Å². The molecule has 0 heterocycles. The second-order valence-corrected chi connectivity index (χ2v) is 5.50. The summed E-state index contributed by atoms with van der Waals surface area (Å²) in [5, 5.41) is 6.79. The molecule has 5 heteroatoms. The quantitative estimate of drug-likeness (QED) is 0.680. The molecular weight excluding hydrogens is 274 g/mol. The fourth-order valence-electron chi connectivity index (χ4n) is 1.77. The van der Waals surface area contributed by atoms with E-state index in [4.69, 9.17) is 11.6 Å². The Hall–Kier alpha value is -1.10. The molecule has 2 N–H and O–H groups in total. The maximum atomic E-state index is 11.5. The van der Waals surface area contributed by atoms with Crippen molar-refractivity contribution in [3.8, 4) is 0 Å². The average Bonchev–Trinajstić information content (AvgIpc) is 2.41. The number of nitrogens with zero attached hydrogens (tertiary/aromatic N) is 1. The highest BCUT2D eigenvalue weighted by Gasteiger charge is 2.00. The van der Waals surface area contributed by atoms with E-state index in [1.807, 2.05) is 38.4 Å². The van der Waals surface area contributed by atoms with Crippen LogP contribution in [-0.4, -0.2) is 51.1 Å². The lowest BCUT2D eigenvalue weighted by atomic mass is 10.1. The van der Waals surface area contributed by atoms with Crippen LogP contribution in [-0.2, 0) is 11.2 Å². The first-order chi connectivity index (χ1) is 9.58. The van der Waals surface area contributed by atoms with Gasteiger partial charge in [-0.3, -0.25) is 4.79 Å². The molecule has 1 aromatic rings. The fraction of sp³-hybridized carbons (Fsp3) is 0.533. The largest absolute Gasteiger partial charge is 0.355 e. The molecule has 20 heavy (non-hydrogen) atoms. The summed E-state index contributed by atoms with van der Waals surface area (Å²) < 4.78 is 0. The number of carbonyl (C=O) groups excluding carboxylic acids is 1. The third-order valence-corrected chi connectivity index (χ3v) is 3.15. The molecule has 0 spiro atoms. The summed E-state index contributed by atoms with van der Waals surface area (Å²) in [6.45, 7) is 2.88. The van der Waals surface area contributed by atoms with Gasteiger partial charge in [-0.2, -0.15) is 0 Å². The van der Waals surface area contributed by atoms with Gasteiger partial charge in [0.2, 0.25) is 5.91 Å². The first kappa shape index (κ1) is 17.0. The minimum Gasteiger partial charge on any atom is -0.355 e. The van der Waals surface area contributed by atoms with Crippen LogP contribution in [0.25, 0.3) is 0 Å². The van der Waals surface area contributed by atoms with Gasteiger partial charge < -0.3 is 15.5 Å². The van der Waals surface area contributed by atoms with Gasteiger partial charge in [-0.15, -0.1) is 0 Å². The van der Waals surface area contributed by atoms with E-state index < -0.39 is 0 Å². The van der Waals surface area contributed by atoms with Crippen LogP contribution in [0.15, 0.2) is 24.3 Å². The summed E-state index contributed by atoms with van der Waals surface area (Å²) in [5.74, 6) is 0.0554. The van der Waals surface area contributed by atoms with Gasteiger partial charge in [0.25, 0.3) is 0 Å². The van der Waals surface area contributed by atoms with Crippen LogP contribution in [0.4, 0.5) is 0 Å². The Morgan fingerprint density at radius 3 is 2.55 bits per heavy atom. The molecule has 0 saturated carbocycles. The number of rotatable bonds is 9. The predicted octanol–water partition coefficient (Wildman–Crippen LogP) is 1.54.